The topological polar surface area (TPSA) is 46.1 Å². The normalized spacial score (nSPS) is 13.8. The lowest BCUT2D eigenvalue weighted by Crippen LogP contribution is -2.36. The van der Waals surface area contributed by atoms with Gasteiger partial charge in [-0.2, -0.15) is 0 Å². The van der Waals surface area contributed by atoms with Crippen LogP contribution in [0.2, 0.25) is 0 Å². The van der Waals surface area contributed by atoms with Gasteiger partial charge in [-0.05, 0) is 17.7 Å². The highest BCUT2D eigenvalue weighted by atomic mass is 19.1. The largest absolute Gasteiger partial charge is 0.467 e. The SMILES string of the molecule is CN(C)C(=NCc1ccccc1)NCc1cc(F)cc2c1OCOC2. The van der Waals surface area contributed by atoms with Crippen LogP contribution in [-0.4, -0.2) is 31.7 Å². The maximum atomic E-state index is 13.8. The molecule has 132 valence electrons. The number of fused-ring (bicyclic) bond motifs is 1. The Morgan fingerprint density at radius 1 is 1.24 bits per heavy atom. The Morgan fingerprint density at radius 2 is 2.04 bits per heavy atom. The molecule has 0 spiro atoms. The zero-order valence-electron chi connectivity index (χ0n) is 14.5. The van der Waals surface area contributed by atoms with E-state index in [0.717, 1.165) is 22.6 Å². The average Bonchev–Trinajstić information content (AvgIpc) is 2.62. The molecule has 0 saturated carbocycles. The molecule has 1 aliphatic heterocycles. The monoisotopic (exact) mass is 343 g/mol. The second-order valence-corrected chi connectivity index (χ2v) is 6.04. The third kappa shape index (κ3) is 4.48. The second-order valence-electron chi connectivity index (χ2n) is 6.04. The van der Waals surface area contributed by atoms with Crippen molar-refractivity contribution in [3.63, 3.8) is 0 Å². The first-order valence-electron chi connectivity index (χ1n) is 8.15. The fourth-order valence-electron chi connectivity index (χ4n) is 2.67. The third-order valence-corrected chi connectivity index (χ3v) is 3.87. The number of hydrogen-bond acceptors (Lipinski definition) is 3. The number of aliphatic imine (C=N–C) groups is 1. The summed E-state index contributed by atoms with van der Waals surface area (Å²) < 4.78 is 24.6. The van der Waals surface area contributed by atoms with Crippen LogP contribution in [0.3, 0.4) is 0 Å². The van der Waals surface area contributed by atoms with E-state index in [0.29, 0.717) is 25.4 Å². The minimum Gasteiger partial charge on any atom is -0.467 e. The van der Waals surface area contributed by atoms with Gasteiger partial charge in [0.2, 0.25) is 0 Å². The summed E-state index contributed by atoms with van der Waals surface area (Å²) in [6.07, 6.45) is 0. The molecule has 6 heteroatoms. The Hall–Kier alpha value is -2.60. The number of halogens is 1. The fourth-order valence-corrected chi connectivity index (χ4v) is 2.67. The molecule has 1 aliphatic rings. The van der Waals surface area contributed by atoms with Crippen molar-refractivity contribution < 1.29 is 13.9 Å². The van der Waals surface area contributed by atoms with Crippen molar-refractivity contribution in [1.29, 1.82) is 0 Å². The Kier molecular flexibility index (Phi) is 5.50. The molecule has 0 aromatic heterocycles. The predicted octanol–water partition coefficient (Wildman–Crippen LogP) is 2.90. The van der Waals surface area contributed by atoms with Crippen LogP contribution in [0.5, 0.6) is 5.75 Å². The van der Waals surface area contributed by atoms with E-state index in [1.54, 1.807) is 0 Å². The number of rotatable bonds is 4. The van der Waals surface area contributed by atoms with Gasteiger partial charge in [0.15, 0.2) is 12.8 Å². The molecule has 0 fully saturated rings. The summed E-state index contributed by atoms with van der Waals surface area (Å²) in [4.78, 5) is 6.52. The first-order chi connectivity index (χ1) is 12.1. The molecule has 2 aromatic rings. The molecule has 1 N–H and O–H groups in total. The maximum absolute atomic E-state index is 13.8. The van der Waals surface area contributed by atoms with Gasteiger partial charge in [0.1, 0.15) is 11.6 Å². The molecule has 0 amide bonds. The van der Waals surface area contributed by atoms with Gasteiger partial charge in [-0.3, -0.25) is 0 Å². The summed E-state index contributed by atoms with van der Waals surface area (Å²) in [6, 6.07) is 13.0. The number of nitrogens with one attached hydrogen (secondary N) is 1. The highest BCUT2D eigenvalue weighted by Crippen LogP contribution is 2.29. The van der Waals surface area contributed by atoms with Crippen LogP contribution >= 0.6 is 0 Å². The van der Waals surface area contributed by atoms with E-state index in [1.807, 2.05) is 49.3 Å². The Morgan fingerprint density at radius 3 is 2.80 bits per heavy atom. The molecular formula is C19H22FN3O2. The number of ether oxygens (including phenoxy) is 2. The highest BCUT2D eigenvalue weighted by Gasteiger charge is 2.17. The molecule has 25 heavy (non-hydrogen) atoms. The first kappa shape index (κ1) is 17.2. The summed E-state index contributed by atoms with van der Waals surface area (Å²) in [5, 5.41) is 3.27. The molecule has 5 nitrogen and oxygen atoms in total. The molecule has 0 atom stereocenters. The number of guanidine groups is 1. The van der Waals surface area contributed by atoms with Crippen LogP contribution in [0, 0.1) is 5.82 Å². The van der Waals surface area contributed by atoms with Crippen molar-refractivity contribution in [2.24, 2.45) is 4.99 Å². The summed E-state index contributed by atoms with van der Waals surface area (Å²) in [7, 11) is 3.84. The lowest BCUT2D eigenvalue weighted by molar-refractivity contribution is -0.0173. The minimum atomic E-state index is -0.294. The summed E-state index contributed by atoms with van der Waals surface area (Å²) in [5.74, 6) is 1.13. The van der Waals surface area contributed by atoms with Gasteiger partial charge >= 0.3 is 0 Å². The molecule has 0 unspecified atom stereocenters. The van der Waals surface area contributed by atoms with Crippen molar-refractivity contribution in [2.45, 2.75) is 19.7 Å². The quantitative estimate of drug-likeness (QED) is 0.685. The highest BCUT2D eigenvalue weighted by molar-refractivity contribution is 5.79. The summed E-state index contributed by atoms with van der Waals surface area (Å²) in [5.41, 5.74) is 2.62. The van der Waals surface area contributed by atoms with Crippen LogP contribution in [0.15, 0.2) is 47.5 Å². The molecule has 0 aliphatic carbocycles. The van der Waals surface area contributed by atoms with E-state index in [1.165, 1.54) is 12.1 Å². The van der Waals surface area contributed by atoms with Crippen molar-refractivity contribution in [3.05, 3.63) is 65.0 Å². The molecular weight excluding hydrogens is 321 g/mol. The number of benzene rings is 2. The second kappa shape index (κ2) is 7.98. The molecule has 2 aromatic carbocycles. The predicted molar refractivity (Wildman–Crippen MR) is 94.8 cm³/mol. The van der Waals surface area contributed by atoms with E-state index in [9.17, 15) is 4.39 Å². The molecule has 0 radical (unpaired) electrons. The Labute approximate surface area is 147 Å². The molecule has 3 rings (SSSR count). The Balaban J connectivity index is 1.73. The van der Waals surface area contributed by atoms with Crippen LogP contribution in [0.4, 0.5) is 4.39 Å². The maximum Gasteiger partial charge on any atom is 0.194 e. The van der Waals surface area contributed by atoms with Crippen molar-refractivity contribution >= 4 is 5.96 Å². The van der Waals surface area contributed by atoms with Crippen molar-refractivity contribution in [1.82, 2.24) is 10.2 Å². The van der Waals surface area contributed by atoms with Gasteiger partial charge in [-0.15, -0.1) is 0 Å². The minimum absolute atomic E-state index is 0.189. The van der Waals surface area contributed by atoms with Crippen molar-refractivity contribution in [3.8, 4) is 5.75 Å². The zero-order valence-corrected chi connectivity index (χ0v) is 14.5. The molecule has 0 bridgehead atoms. The van der Waals surface area contributed by atoms with Crippen molar-refractivity contribution in [2.75, 3.05) is 20.9 Å². The van der Waals surface area contributed by atoms with E-state index < -0.39 is 0 Å². The summed E-state index contributed by atoms with van der Waals surface area (Å²) >= 11 is 0. The number of hydrogen-bond donors (Lipinski definition) is 1. The fraction of sp³-hybridized carbons (Fsp3) is 0.316. The van der Waals surface area contributed by atoms with Gasteiger partial charge in [0.25, 0.3) is 0 Å². The van der Waals surface area contributed by atoms with Gasteiger partial charge in [-0.1, -0.05) is 30.3 Å². The third-order valence-electron chi connectivity index (χ3n) is 3.87. The lowest BCUT2D eigenvalue weighted by atomic mass is 10.1. The standard InChI is InChI=1S/C19H22FN3O2/c1-23(2)19(21-10-14-6-4-3-5-7-14)22-11-15-8-17(20)9-16-12-24-13-25-18(15)16/h3-9H,10-13H2,1-2H3,(H,21,22). The van der Waals surface area contributed by atoms with Crippen LogP contribution < -0.4 is 10.1 Å². The van der Waals surface area contributed by atoms with Gasteiger partial charge in [-0.25, -0.2) is 9.38 Å². The zero-order chi connectivity index (χ0) is 17.6. The van der Waals surface area contributed by atoms with E-state index >= 15 is 0 Å². The van der Waals surface area contributed by atoms with Crippen LogP contribution in [0.1, 0.15) is 16.7 Å². The Bertz CT molecular complexity index is 748. The van der Waals surface area contributed by atoms with Gasteiger partial charge in [0.05, 0.1) is 13.2 Å². The van der Waals surface area contributed by atoms with Gasteiger partial charge in [0, 0.05) is 31.8 Å². The van der Waals surface area contributed by atoms with E-state index in [-0.39, 0.29) is 12.6 Å². The molecule has 1 heterocycles. The first-order valence-corrected chi connectivity index (χ1v) is 8.15. The van der Waals surface area contributed by atoms with Crippen LogP contribution in [-0.2, 0) is 24.4 Å². The number of nitrogens with zero attached hydrogens (tertiary/aromatic N) is 2. The smallest absolute Gasteiger partial charge is 0.194 e. The lowest BCUT2D eigenvalue weighted by Gasteiger charge is -2.22. The summed E-state index contributed by atoms with van der Waals surface area (Å²) in [6.45, 7) is 1.55. The average molecular weight is 343 g/mol. The van der Waals surface area contributed by atoms with Gasteiger partial charge < -0.3 is 19.7 Å². The van der Waals surface area contributed by atoms with Crippen LogP contribution in [0.25, 0.3) is 0 Å². The van der Waals surface area contributed by atoms with E-state index in [2.05, 4.69) is 10.3 Å². The van der Waals surface area contributed by atoms with E-state index in [4.69, 9.17) is 9.47 Å². The molecule has 0 saturated heterocycles.